The van der Waals surface area contributed by atoms with Crippen LogP contribution in [0.3, 0.4) is 0 Å². The minimum Gasteiger partial charge on any atom is -0.457 e. The van der Waals surface area contributed by atoms with Gasteiger partial charge >= 0.3 is 0 Å². The molecule has 0 aliphatic heterocycles. The van der Waals surface area contributed by atoms with Crippen molar-refractivity contribution in [3.63, 3.8) is 0 Å². The highest BCUT2D eigenvalue weighted by Gasteiger charge is 2.19. The molecule has 4 rings (SSSR count). The second-order valence-electron chi connectivity index (χ2n) is 7.37. The fourth-order valence-electron chi connectivity index (χ4n) is 3.72. The second kappa shape index (κ2) is 9.10. The summed E-state index contributed by atoms with van der Waals surface area (Å²) >= 11 is 0. The normalized spacial score (nSPS) is 12.1. The van der Waals surface area contributed by atoms with Gasteiger partial charge in [0.1, 0.15) is 23.1 Å². The number of nitrogens with zero attached hydrogens (tertiary/aromatic N) is 2. The van der Waals surface area contributed by atoms with Crippen LogP contribution in [0, 0.1) is 12.7 Å². The van der Waals surface area contributed by atoms with Crippen molar-refractivity contribution in [2.45, 2.75) is 19.4 Å². The summed E-state index contributed by atoms with van der Waals surface area (Å²) in [4.78, 5) is 18.1. The molecule has 0 radical (unpaired) electrons. The second-order valence-corrected chi connectivity index (χ2v) is 7.37. The zero-order valence-corrected chi connectivity index (χ0v) is 17.4. The molecule has 1 heterocycles. The van der Waals surface area contributed by atoms with Crippen LogP contribution in [0.15, 0.2) is 77.6 Å². The van der Waals surface area contributed by atoms with Crippen LogP contribution in [0.2, 0.25) is 0 Å². The molecule has 0 spiro atoms. The number of halogens is 1. The maximum Gasteiger partial charge on any atom is 0.261 e. The Hall–Kier alpha value is -3.51. The average Bonchev–Trinajstić information content (AvgIpc) is 2.77. The van der Waals surface area contributed by atoms with Gasteiger partial charge in [-0.15, -0.1) is 0 Å². The lowest BCUT2D eigenvalue weighted by Gasteiger charge is -2.22. The van der Waals surface area contributed by atoms with E-state index < -0.39 is 0 Å². The minimum atomic E-state index is -0.337. The summed E-state index contributed by atoms with van der Waals surface area (Å²) < 4.78 is 26.1. The molecule has 0 aliphatic carbocycles. The number of hydrogen-bond donors (Lipinski definition) is 0. The van der Waals surface area contributed by atoms with Crippen molar-refractivity contribution < 1.29 is 13.9 Å². The SMILES string of the molecule is COC[C@@H](Cc1ccccc1)n1c(C)nc2ccc(Oc3ccc(F)cc3)cc2c1=O. The largest absolute Gasteiger partial charge is 0.457 e. The fourth-order valence-corrected chi connectivity index (χ4v) is 3.72. The van der Waals surface area contributed by atoms with Gasteiger partial charge in [0.2, 0.25) is 0 Å². The maximum atomic E-state index is 13.5. The summed E-state index contributed by atoms with van der Waals surface area (Å²) in [5.74, 6) is 1.26. The number of hydrogen-bond acceptors (Lipinski definition) is 4. The number of methoxy groups -OCH3 is 1. The van der Waals surface area contributed by atoms with Crippen LogP contribution in [-0.4, -0.2) is 23.3 Å². The van der Waals surface area contributed by atoms with Crippen LogP contribution in [-0.2, 0) is 11.2 Å². The minimum absolute atomic E-state index is 0.148. The number of benzene rings is 3. The molecule has 158 valence electrons. The Bertz CT molecular complexity index is 1240. The first-order valence-corrected chi connectivity index (χ1v) is 10.0. The van der Waals surface area contributed by atoms with Gasteiger partial charge in [-0.2, -0.15) is 0 Å². The van der Waals surface area contributed by atoms with E-state index in [0.717, 1.165) is 5.56 Å². The molecule has 1 atom stereocenters. The van der Waals surface area contributed by atoms with Gasteiger partial charge in [-0.25, -0.2) is 9.37 Å². The first-order valence-electron chi connectivity index (χ1n) is 10.0. The molecule has 0 bridgehead atoms. The Morgan fingerprint density at radius 2 is 1.71 bits per heavy atom. The van der Waals surface area contributed by atoms with Gasteiger partial charge in [-0.3, -0.25) is 9.36 Å². The summed E-state index contributed by atoms with van der Waals surface area (Å²) in [6.07, 6.45) is 0.647. The van der Waals surface area contributed by atoms with Crippen LogP contribution >= 0.6 is 0 Å². The van der Waals surface area contributed by atoms with Gasteiger partial charge in [0.05, 0.1) is 23.6 Å². The van der Waals surface area contributed by atoms with Gasteiger partial charge in [-0.05, 0) is 61.4 Å². The molecule has 31 heavy (non-hydrogen) atoms. The van der Waals surface area contributed by atoms with Crippen LogP contribution in [0.5, 0.6) is 11.5 Å². The highest BCUT2D eigenvalue weighted by molar-refractivity contribution is 5.79. The molecule has 4 aromatic rings. The zero-order chi connectivity index (χ0) is 21.8. The molecular formula is C25H23FN2O3. The van der Waals surface area contributed by atoms with E-state index >= 15 is 0 Å². The number of aromatic nitrogens is 2. The van der Waals surface area contributed by atoms with Crippen LogP contribution in [0.25, 0.3) is 10.9 Å². The van der Waals surface area contributed by atoms with E-state index in [-0.39, 0.29) is 17.4 Å². The number of ether oxygens (including phenoxy) is 2. The van der Waals surface area contributed by atoms with E-state index in [1.54, 1.807) is 42.0 Å². The quantitative estimate of drug-likeness (QED) is 0.421. The molecule has 1 aromatic heterocycles. The summed E-state index contributed by atoms with van der Waals surface area (Å²) in [5, 5.41) is 0.458. The van der Waals surface area contributed by atoms with Crippen molar-refractivity contribution in [3.8, 4) is 11.5 Å². The Labute approximate surface area is 179 Å². The molecule has 0 saturated heterocycles. The highest BCUT2D eigenvalue weighted by Crippen LogP contribution is 2.25. The van der Waals surface area contributed by atoms with Crippen molar-refractivity contribution in [2.75, 3.05) is 13.7 Å². The van der Waals surface area contributed by atoms with Crippen LogP contribution in [0.1, 0.15) is 17.4 Å². The molecule has 0 aliphatic rings. The van der Waals surface area contributed by atoms with E-state index in [2.05, 4.69) is 4.98 Å². The monoisotopic (exact) mass is 418 g/mol. The molecule has 0 N–H and O–H groups in total. The summed E-state index contributed by atoms with van der Waals surface area (Å²) in [6, 6.07) is 20.7. The van der Waals surface area contributed by atoms with E-state index in [4.69, 9.17) is 9.47 Å². The van der Waals surface area contributed by atoms with Crippen molar-refractivity contribution in [1.29, 1.82) is 0 Å². The molecule has 0 unspecified atom stereocenters. The van der Waals surface area contributed by atoms with Crippen molar-refractivity contribution >= 4 is 10.9 Å². The zero-order valence-electron chi connectivity index (χ0n) is 17.4. The molecule has 0 saturated carbocycles. The molecule has 0 fully saturated rings. The molecular weight excluding hydrogens is 395 g/mol. The van der Waals surface area contributed by atoms with E-state index in [9.17, 15) is 9.18 Å². The predicted molar refractivity (Wildman–Crippen MR) is 118 cm³/mol. The standard InChI is InChI=1S/C25H23FN2O3/c1-17-27-24-13-12-22(31-21-10-8-19(26)9-11-21)15-23(24)25(29)28(17)20(16-30-2)14-18-6-4-3-5-7-18/h3-13,15,20H,14,16H2,1-2H3/t20-/m1/s1. The third-order valence-electron chi connectivity index (χ3n) is 5.14. The van der Waals surface area contributed by atoms with Gasteiger partial charge < -0.3 is 9.47 Å². The van der Waals surface area contributed by atoms with Gasteiger partial charge in [0.15, 0.2) is 0 Å². The number of rotatable bonds is 7. The third-order valence-corrected chi connectivity index (χ3v) is 5.14. The molecule has 5 nitrogen and oxygen atoms in total. The maximum absolute atomic E-state index is 13.5. The highest BCUT2D eigenvalue weighted by atomic mass is 19.1. The van der Waals surface area contributed by atoms with Crippen LogP contribution in [0.4, 0.5) is 4.39 Å². The first kappa shape index (κ1) is 20.8. The average molecular weight is 418 g/mol. The lowest BCUT2D eigenvalue weighted by atomic mass is 10.1. The Balaban J connectivity index is 1.74. The van der Waals surface area contributed by atoms with E-state index in [0.29, 0.717) is 41.3 Å². The molecule has 3 aromatic carbocycles. The van der Waals surface area contributed by atoms with E-state index in [1.807, 2.05) is 37.3 Å². The van der Waals surface area contributed by atoms with E-state index in [1.165, 1.54) is 12.1 Å². The topological polar surface area (TPSA) is 53.4 Å². The lowest BCUT2D eigenvalue weighted by Crippen LogP contribution is -2.31. The van der Waals surface area contributed by atoms with Crippen molar-refractivity contribution in [3.05, 3.63) is 100 Å². The predicted octanol–water partition coefficient (Wildman–Crippen LogP) is 5.07. The van der Waals surface area contributed by atoms with Crippen LogP contribution < -0.4 is 10.3 Å². The first-order chi connectivity index (χ1) is 15.0. The summed E-state index contributed by atoms with van der Waals surface area (Å²) in [7, 11) is 1.63. The van der Waals surface area contributed by atoms with Gasteiger partial charge in [0, 0.05) is 7.11 Å². The Kier molecular flexibility index (Phi) is 6.09. The Morgan fingerprint density at radius 3 is 2.42 bits per heavy atom. The third kappa shape index (κ3) is 4.64. The lowest BCUT2D eigenvalue weighted by molar-refractivity contribution is 0.152. The Morgan fingerprint density at radius 1 is 1.00 bits per heavy atom. The summed E-state index contributed by atoms with van der Waals surface area (Å²) in [6.45, 7) is 2.21. The smallest absolute Gasteiger partial charge is 0.261 e. The number of aryl methyl sites for hydroxylation is 1. The van der Waals surface area contributed by atoms with Crippen molar-refractivity contribution in [1.82, 2.24) is 9.55 Å². The number of fused-ring (bicyclic) bond motifs is 1. The van der Waals surface area contributed by atoms with Gasteiger partial charge in [-0.1, -0.05) is 30.3 Å². The fraction of sp³-hybridized carbons (Fsp3) is 0.200. The molecule has 0 amide bonds. The summed E-state index contributed by atoms with van der Waals surface area (Å²) in [5.41, 5.74) is 1.57. The molecule has 6 heteroatoms. The van der Waals surface area contributed by atoms with Crippen molar-refractivity contribution in [2.24, 2.45) is 0 Å². The van der Waals surface area contributed by atoms with Gasteiger partial charge in [0.25, 0.3) is 5.56 Å².